The molecule has 2 heteroatoms. The average molecular weight is 180 g/mol. The molecule has 2 bridgehead atoms. The van der Waals surface area contributed by atoms with Crippen molar-refractivity contribution >= 4 is 0 Å². The molecule has 13 heavy (non-hydrogen) atoms. The molecule has 2 atom stereocenters. The Bertz CT molecular complexity index is 255. The van der Waals surface area contributed by atoms with Crippen LogP contribution < -0.4 is 0 Å². The fourth-order valence-electron chi connectivity index (χ4n) is 2.36. The van der Waals surface area contributed by atoms with Crippen molar-refractivity contribution in [1.82, 2.24) is 0 Å². The van der Waals surface area contributed by atoms with E-state index in [0.717, 1.165) is 12.8 Å². The van der Waals surface area contributed by atoms with Gasteiger partial charge in [0, 0.05) is 12.7 Å². The first-order chi connectivity index (χ1) is 6.30. The van der Waals surface area contributed by atoms with Crippen LogP contribution in [0, 0.1) is 5.92 Å². The van der Waals surface area contributed by atoms with Crippen molar-refractivity contribution in [3.63, 3.8) is 0 Å². The molecule has 1 saturated carbocycles. The van der Waals surface area contributed by atoms with Crippen LogP contribution in [0.15, 0.2) is 24.0 Å². The molecule has 0 aromatic rings. The highest BCUT2D eigenvalue weighted by Gasteiger charge is 2.40. The van der Waals surface area contributed by atoms with Crippen molar-refractivity contribution in [1.29, 1.82) is 0 Å². The third kappa shape index (κ3) is 1.29. The highest BCUT2D eigenvalue weighted by Crippen LogP contribution is 2.44. The molecular weight excluding hydrogens is 164 g/mol. The topological polar surface area (TPSA) is 18.5 Å². The summed E-state index contributed by atoms with van der Waals surface area (Å²) in [5, 5.41) is 0. The van der Waals surface area contributed by atoms with Crippen LogP contribution in [0.3, 0.4) is 0 Å². The molecule has 3 rings (SSSR count). The predicted molar refractivity (Wildman–Crippen MR) is 51.3 cm³/mol. The van der Waals surface area contributed by atoms with Crippen LogP contribution in [0.1, 0.15) is 19.3 Å². The van der Waals surface area contributed by atoms with Gasteiger partial charge in [0.1, 0.15) is 5.60 Å². The van der Waals surface area contributed by atoms with Gasteiger partial charge in [0.2, 0.25) is 0 Å². The van der Waals surface area contributed by atoms with Gasteiger partial charge in [-0.25, -0.2) is 0 Å². The molecule has 0 amide bonds. The Labute approximate surface area is 79.2 Å². The number of methoxy groups -OCH3 is 2. The minimum Gasteiger partial charge on any atom is -0.504 e. The molecule has 2 nitrogen and oxygen atoms in total. The maximum Gasteiger partial charge on any atom is 0.110 e. The second kappa shape index (κ2) is 3.18. The first-order valence-corrected chi connectivity index (χ1v) is 4.77. The van der Waals surface area contributed by atoms with Crippen LogP contribution in [0.25, 0.3) is 0 Å². The summed E-state index contributed by atoms with van der Waals surface area (Å²) in [6.45, 7) is 0. The van der Waals surface area contributed by atoms with E-state index >= 15 is 0 Å². The average Bonchev–Trinajstić information content (AvgIpc) is 2.20. The van der Waals surface area contributed by atoms with Gasteiger partial charge in [-0.1, -0.05) is 12.2 Å². The Morgan fingerprint density at radius 1 is 1.54 bits per heavy atom. The normalized spacial score (nSPS) is 39.8. The van der Waals surface area contributed by atoms with E-state index in [1.54, 1.807) is 14.2 Å². The first kappa shape index (κ1) is 8.82. The molecule has 0 N–H and O–H groups in total. The monoisotopic (exact) mass is 180 g/mol. The summed E-state index contributed by atoms with van der Waals surface area (Å²) in [4.78, 5) is 0. The summed E-state index contributed by atoms with van der Waals surface area (Å²) in [6, 6.07) is 0. The van der Waals surface area contributed by atoms with Gasteiger partial charge in [0.05, 0.1) is 13.4 Å². The number of hydrogen-bond donors (Lipinski definition) is 0. The zero-order chi connectivity index (χ0) is 9.31. The minimum absolute atomic E-state index is 0.148. The molecule has 3 aliphatic rings. The van der Waals surface area contributed by atoms with E-state index < -0.39 is 0 Å². The Morgan fingerprint density at radius 3 is 2.92 bits per heavy atom. The molecule has 0 aromatic carbocycles. The van der Waals surface area contributed by atoms with Crippen molar-refractivity contribution in [2.45, 2.75) is 24.9 Å². The summed E-state index contributed by atoms with van der Waals surface area (Å²) in [5.41, 5.74) is 1.14. The fraction of sp³-hybridized carbons (Fsp3) is 0.636. The van der Waals surface area contributed by atoms with Crippen molar-refractivity contribution < 1.29 is 9.47 Å². The van der Waals surface area contributed by atoms with E-state index in [4.69, 9.17) is 9.47 Å². The van der Waals surface area contributed by atoms with Crippen molar-refractivity contribution in [2.24, 2.45) is 5.92 Å². The van der Waals surface area contributed by atoms with E-state index in [-0.39, 0.29) is 5.60 Å². The van der Waals surface area contributed by atoms with Gasteiger partial charge in [-0.3, -0.25) is 0 Å². The van der Waals surface area contributed by atoms with Gasteiger partial charge >= 0.3 is 0 Å². The molecule has 0 aliphatic heterocycles. The number of allylic oxidation sites excluding steroid dienone is 1. The van der Waals surface area contributed by atoms with Gasteiger partial charge in [0.25, 0.3) is 0 Å². The van der Waals surface area contributed by atoms with Gasteiger partial charge in [-0.05, 0) is 25.2 Å². The zero-order valence-electron chi connectivity index (χ0n) is 8.25. The lowest BCUT2D eigenvalue weighted by molar-refractivity contribution is 0.0250. The summed E-state index contributed by atoms with van der Waals surface area (Å²) in [7, 11) is 3.47. The summed E-state index contributed by atoms with van der Waals surface area (Å²) < 4.78 is 10.7. The van der Waals surface area contributed by atoms with E-state index in [0.29, 0.717) is 5.92 Å². The zero-order valence-corrected chi connectivity index (χ0v) is 8.25. The van der Waals surface area contributed by atoms with Crippen LogP contribution in [-0.2, 0) is 9.47 Å². The van der Waals surface area contributed by atoms with E-state index in [9.17, 15) is 0 Å². The molecular formula is C11H16O2. The fourth-order valence-corrected chi connectivity index (χ4v) is 2.36. The quantitative estimate of drug-likeness (QED) is 0.479. The van der Waals surface area contributed by atoms with Crippen LogP contribution in [-0.4, -0.2) is 19.8 Å². The van der Waals surface area contributed by atoms with E-state index in [2.05, 4.69) is 12.2 Å². The highest BCUT2D eigenvalue weighted by molar-refractivity contribution is 5.32. The van der Waals surface area contributed by atoms with Gasteiger partial charge in [0.15, 0.2) is 0 Å². The van der Waals surface area contributed by atoms with E-state index in [1.165, 1.54) is 12.0 Å². The molecule has 72 valence electrons. The number of fused-ring (bicyclic) bond motifs is 2. The molecule has 0 radical (unpaired) electrons. The van der Waals surface area contributed by atoms with Crippen molar-refractivity contribution in [3.05, 3.63) is 24.0 Å². The van der Waals surface area contributed by atoms with Crippen molar-refractivity contribution in [3.8, 4) is 0 Å². The number of rotatable bonds is 2. The maximum atomic E-state index is 5.60. The van der Waals surface area contributed by atoms with Crippen molar-refractivity contribution in [2.75, 3.05) is 14.2 Å². The largest absolute Gasteiger partial charge is 0.504 e. The lowest BCUT2D eigenvalue weighted by Crippen LogP contribution is -2.40. The summed E-state index contributed by atoms with van der Waals surface area (Å²) >= 11 is 0. The SMILES string of the molecule is CO/C=C1\CC2C=CC1(OC)CC2. The molecule has 0 spiro atoms. The van der Waals surface area contributed by atoms with Crippen LogP contribution in [0.2, 0.25) is 0 Å². The third-order valence-electron chi connectivity index (χ3n) is 3.17. The molecule has 2 unspecified atom stereocenters. The standard InChI is InChI=1S/C11H16O2/c1-12-8-10-7-9-3-5-11(10,13-2)6-4-9/h3,5,8-9H,4,6-7H2,1-2H3/b10-8+. The second-order valence-corrected chi connectivity index (χ2v) is 3.83. The number of ether oxygens (including phenoxy) is 2. The second-order valence-electron chi connectivity index (χ2n) is 3.83. The van der Waals surface area contributed by atoms with E-state index in [1.807, 2.05) is 6.26 Å². The van der Waals surface area contributed by atoms with Crippen LogP contribution in [0.4, 0.5) is 0 Å². The molecule has 3 aliphatic carbocycles. The maximum absolute atomic E-state index is 5.60. The Morgan fingerprint density at radius 2 is 2.38 bits per heavy atom. The molecule has 0 aromatic heterocycles. The van der Waals surface area contributed by atoms with Gasteiger partial charge in [-0.2, -0.15) is 0 Å². The third-order valence-corrected chi connectivity index (χ3v) is 3.17. The smallest absolute Gasteiger partial charge is 0.110 e. The molecule has 1 fully saturated rings. The predicted octanol–water partition coefficient (Wildman–Crippen LogP) is 2.27. The minimum atomic E-state index is -0.148. The van der Waals surface area contributed by atoms with Gasteiger partial charge < -0.3 is 9.47 Å². The molecule has 0 heterocycles. The molecule has 0 saturated heterocycles. The summed E-state index contributed by atoms with van der Waals surface area (Å²) in [5.74, 6) is 0.707. The Hall–Kier alpha value is -0.760. The lowest BCUT2D eigenvalue weighted by atomic mass is 9.70. The van der Waals surface area contributed by atoms with Crippen LogP contribution in [0.5, 0.6) is 0 Å². The van der Waals surface area contributed by atoms with Crippen LogP contribution >= 0.6 is 0 Å². The number of hydrogen-bond acceptors (Lipinski definition) is 2. The lowest BCUT2D eigenvalue weighted by Gasteiger charge is -2.42. The Kier molecular flexibility index (Phi) is 2.16. The highest BCUT2D eigenvalue weighted by atomic mass is 16.5. The first-order valence-electron chi connectivity index (χ1n) is 4.77. The summed E-state index contributed by atoms with van der Waals surface area (Å²) in [6.07, 6.45) is 9.75. The Balaban J connectivity index is 2.32. The van der Waals surface area contributed by atoms with Gasteiger partial charge in [-0.15, -0.1) is 0 Å².